The Morgan fingerprint density at radius 1 is 1.40 bits per heavy atom. The van der Waals surface area contributed by atoms with Crippen LogP contribution < -0.4 is 10.6 Å². The highest BCUT2D eigenvalue weighted by Crippen LogP contribution is 2.08. The number of nitrogens with zero attached hydrogens (tertiary/aromatic N) is 1. The smallest absolute Gasteiger partial charge is 0.239 e. The molecule has 5 nitrogen and oxygen atoms in total. The summed E-state index contributed by atoms with van der Waals surface area (Å²) in [6, 6.07) is 5.20. The number of anilines is 1. The van der Waals surface area contributed by atoms with Crippen LogP contribution in [0.2, 0.25) is 0 Å². The van der Waals surface area contributed by atoms with Crippen LogP contribution in [0.5, 0.6) is 0 Å². The second-order valence-corrected chi connectivity index (χ2v) is 4.51. The zero-order valence-electron chi connectivity index (χ0n) is 11.9. The molecular weight excluding hydrogens is 261 g/mol. The summed E-state index contributed by atoms with van der Waals surface area (Å²) in [5, 5.41) is 5.39. The van der Waals surface area contributed by atoms with E-state index in [1.807, 2.05) is 6.92 Å². The summed E-state index contributed by atoms with van der Waals surface area (Å²) >= 11 is 0. The molecular formula is C14H20FN3O2. The number of hydrogen-bond acceptors (Lipinski definition) is 3. The number of rotatable bonds is 6. The van der Waals surface area contributed by atoms with Gasteiger partial charge in [-0.3, -0.25) is 14.9 Å². The quantitative estimate of drug-likeness (QED) is 0.824. The molecule has 0 aliphatic rings. The summed E-state index contributed by atoms with van der Waals surface area (Å²) < 4.78 is 12.9. The number of carbonyl (C=O) groups is 2. The topological polar surface area (TPSA) is 61.4 Å². The molecule has 1 aromatic rings. The highest BCUT2D eigenvalue weighted by atomic mass is 19.1. The van der Waals surface area contributed by atoms with Gasteiger partial charge < -0.3 is 10.2 Å². The molecule has 0 heterocycles. The van der Waals surface area contributed by atoms with E-state index in [-0.39, 0.29) is 18.4 Å². The molecule has 0 aromatic heterocycles. The summed E-state index contributed by atoms with van der Waals surface area (Å²) in [6.45, 7) is 4.17. The van der Waals surface area contributed by atoms with E-state index in [0.29, 0.717) is 12.2 Å². The Bertz CT molecular complexity index is 479. The van der Waals surface area contributed by atoms with Crippen molar-refractivity contribution >= 4 is 17.5 Å². The lowest BCUT2D eigenvalue weighted by molar-refractivity contribution is -0.131. The number of nitrogens with one attached hydrogen (secondary N) is 2. The van der Waals surface area contributed by atoms with Crippen LogP contribution in [0.15, 0.2) is 24.3 Å². The van der Waals surface area contributed by atoms with Crippen LogP contribution in [-0.2, 0) is 9.59 Å². The van der Waals surface area contributed by atoms with Crippen LogP contribution in [0, 0.1) is 5.82 Å². The van der Waals surface area contributed by atoms with Crippen LogP contribution in [0.3, 0.4) is 0 Å². The molecule has 2 amide bonds. The molecule has 20 heavy (non-hydrogen) atoms. The predicted molar refractivity (Wildman–Crippen MR) is 75.8 cm³/mol. The first kappa shape index (κ1) is 16.1. The van der Waals surface area contributed by atoms with Gasteiger partial charge in [-0.15, -0.1) is 0 Å². The van der Waals surface area contributed by atoms with Gasteiger partial charge in [0.25, 0.3) is 0 Å². The third-order valence-electron chi connectivity index (χ3n) is 2.90. The average Bonchev–Trinajstić information content (AvgIpc) is 2.43. The Hall–Kier alpha value is -1.95. The van der Waals surface area contributed by atoms with Gasteiger partial charge in [-0.2, -0.15) is 0 Å². The van der Waals surface area contributed by atoms with E-state index in [1.54, 1.807) is 24.9 Å². The van der Waals surface area contributed by atoms with Gasteiger partial charge in [0.1, 0.15) is 5.82 Å². The van der Waals surface area contributed by atoms with E-state index in [0.717, 1.165) is 0 Å². The highest BCUT2D eigenvalue weighted by Gasteiger charge is 2.16. The van der Waals surface area contributed by atoms with Crippen molar-refractivity contribution in [2.24, 2.45) is 0 Å². The number of halogens is 1. The second-order valence-electron chi connectivity index (χ2n) is 4.51. The van der Waals surface area contributed by atoms with Crippen LogP contribution >= 0.6 is 0 Å². The fraction of sp³-hybridized carbons (Fsp3) is 0.429. The molecule has 6 heteroatoms. The largest absolute Gasteiger partial charge is 0.345 e. The molecule has 0 spiro atoms. The minimum Gasteiger partial charge on any atom is -0.345 e. The van der Waals surface area contributed by atoms with E-state index >= 15 is 0 Å². The molecule has 0 bridgehead atoms. The first-order valence-electron chi connectivity index (χ1n) is 6.47. The molecule has 0 saturated carbocycles. The number of likely N-dealkylation sites (N-methyl/N-ethyl adjacent to an activating group) is 1. The average molecular weight is 281 g/mol. The van der Waals surface area contributed by atoms with Gasteiger partial charge in [0.05, 0.1) is 12.6 Å². The first-order chi connectivity index (χ1) is 9.43. The summed E-state index contributed by atoms with van der Waals surface area (Å²) in [5.74, 6) is -0.815. The fourth-order valence-corrected chi connectivity index (χ4v) is 1.59. The molecule has 0 fully saturated rings. The minimum absolute atomic E-state index is 0.0129. The maximum absolute atomic E-state index is 12.9. The van der Waals surface area contributed by atoms with Gasteiger partial charge in [0, 0.05) is 19.3 Å². The van der Waals surface area contributed by atoms with Crippen molar-refractivity contribution in [2.75, 3.05) is 25.5 Å². The van der Waals surface area contributed by atoms with Crippen molar-refractivity contribution in [3.8, 4) is 0 Å². The Morgan fingerprint density at radius 2 is 2.10 bits per heavy atom. The van der Waals surface area contributed by atoms with Crippen molar-refractivity contribution in [3.05, 3.63) is 30.1 Å². The first-order valence-corrected chi connectivity index (χ1v) is 6.47. The normalized spacial score (nSPS) is 11.8. The van der Waals surface area contributed by atoms with Gasteiger partial charge >= 0.3 is 0 Å². The van der Waals surface area contributed by atoms with E-state index in [2.05, 4.69) is 10.6 Å². The Labute approximate surface area is 118 Å². The third-order valence-corrected chi connectivity index (χ3v) is 2.90. The van der Waals surface area contributed by atoms with Crippen LogP contribution in [-0.4, -0.2) is 42.9 Å². The molecule has 1 aromatic carbocycles. The van der Waals surface area contributed by atoms with Gasteiger partial charge in [-0.1, -0.05) is 6.07 Å². The van der Waals surface area contributed by atoms with E-state index in [4.69, 9.17) is 0 Å². The highest BCUT2D eigenvalue weighted by molar-refractivity contribution is 5.92. The SMILES string of the molecule is CCN(C)C(=O)C(C)NCC(=O)Nc1cccc(F)c1. The van der Waals surface area contributed by atoms with E-state index in [9.17, 15) is 14.0 Å². The van der Waals surface area contributed by atoms with Crippen molar-refractivity contribution in [1.29, 1.82) is 0 Å². The van der Waals surface area contributed by atoms with Gasteiger partial charge in [0.2, 0.25) is 11.8 Å². The van der Waals surface area contributed by atoms with Crippen LogP contribution in [0.4, 0.5) is 10.1 Å². The molecule has 1 unspecified atom stereocenters. The molecule has 1 atom stereocenters. The summed E-state index contributed by atoms with van der Waals surface area (Å²) in [4.78, 5) is 25.0. The number of amides is 2. The van der Waals surface area contributed by atoms with Crippen molar-refractivity contribution in [2.45, 2.75) is 19.9 Å². The standard InChI is InChI=1S/C14H20FN3O2/c1-4-18(3)14(20)10(2)16-9-13(19)17-12-7-5-6-11(15)8-12/h5-8,10,16H,4,9H2,1-3H3,(H,17,19). The Balaban J connectivity index is 2.42. The van der Waals surface area contributed by atoms with Gasteiger partial charge in [-0.25, -0.2) is 4.39 Å². The van der Waals surface area contributed by atoms with Crippen LogP contribution in [0.25, 0.3) is 0 Å². The molecule has 110 valence electrons. The number of carbonyl (C=O) groups excluding carboxylic acids is 2. The summed E-state index contributed by atoms with van der Waals surface area (Å²) in [6.07, 6.45) is 0. The fourth-order valence-electron chi connectivity index (χ4n) is 1.59. The maximum atomic E-state index is 12.9. The zero-order valence-corrected chi connectivity index (χ0v) is 11.9. The Morgan fingerprint density at radius 3 is 2.70 bits per heavy atom. The van der Waals surface area contributed by atoms with Gasteiger partial charge in [-0.05, 0) is 32.0 Å². The van der Waals surface area contributed by atoms with Gasteiger partial charge in [0.15, 0.2) is 0 Å². The molecule has 1 rings (SSSR count). The van der Waals surface area contributed by atoms with Crippen molar-refractivity contribution < 1.29 is 14.0 Å². The van der Waals surface area contributed by atoms with E-state index in [1.165, 1.54) is 18.2 Å². The lowest BCUT2D eigenvalue weighted by atomic mass is 10.3. The lowest BCUT2D eigenvalue weighted by Crippen LogP contribution is -2.45. The van der Waals surface area contributed by atoms with Crippen molar-refractivity contribution in [1.82, 2.24) is 10.2 Å². The van der Waals surface area contributed by atoms with E-state index < -0.39 is 11.9 Å². The van der Waals surface area contributed by atoms with Crippen LogP contribution in [0.1, 0.15) is 13.8 Å². The third kappa shape index (κ3) is 4.97. The summed E-state index contributed by atoms with van der Waals surface area (Å²) in [7, 11) is 1.70. The molecule has 0 aliphatic carbocycles. The number of hydrogen-bond donors (Lipinski definition) is 2. The summed E-state index contributed by atoms with van der Waals surface area (Å²) in [5.41, 5.74) is 0.390. The molecule has 0 saturated heterocycles. The predicted octanol–water partition coefficient (Wildman–Crippen LogP) is 1.22. The minimum atomic E-state index is -0.446. The monoisotopic (exact) mass is 281 g/mol. The molecule has 0 radical (unpaired) electrons. The second kappa shape index (κ2) is 7.59. The number of benzene rings is 1. The molecule has 0 aliphatic heterocycles. The zero-order chi connectivity index (χ0) is 15.1. The van der Waals surface area contributed by atoms with Crippen molar-refractivity contribution in [3.63, 3.8) is 0 Å². The maximum Gasteiger partial charge on any atom is 0.239 e. The Kier molecular flexibility index (Phi) is 6.11. The lowest BCUT2D eigenvalue weighted by Gasteiger charge is -2.20. The molecule has 2 N–H and O–H groups in total.